The lowest BCUT2D eigenvalue weighted by molar-refractivity contribution is -0.139. The van der Waals surface area contributed by atoms with Gasteiger partial charge in [-0.2, -0.15) is 0 Å². The first-order valence-corrected chi connectivity index (χ1v) is 16.5. The van der Waals surface area contributed by atoms with Gasteiger partial charge in [0.05, 0.1) is 17.7 Å². The van der Waals surface area contributed by atoms with Crippen molar-refractivity contribution >= 4 is 62.3 Å². The summed E-state index contributed by atoms with van der Waals surface area (Å²) >= 11 is 18.8. The van der Waals surface area contributed by atoms with Gasteiger partial charge in [0, 0.05) is 27.7 Å². The smallest absolute Gasteiger partial charge is 0.264 e. The Kier molecular flexibility index (Phi) is 11.2. The average Bonchev–Trinajstić information content (AvgIpc) is 2.99. The molecule has 0 bridgehead atoms. The number of carbonyl (C=O) groups is 2. The van der Waals surface area contributed by atoms with Crippen LogP contribution >= 0.6 is 34.8 Å². The van der Waals surface area contributed by atoms with Crippen molar-refractivity contribution in [3.05, 3.63) is 87.4 Å². The van der Waals surface area contributed by atoms with Crippen molar-refractivity contribution in [2.45, 2.75) is 62.6 Å². The molecule has 12 heteroatoms. The van der Waals surface area contributed by atoms with E-state index in [1.807, 2.05) is 0 Å². The first kappa shape index (κ1) is 32.9. The molecule has 1 aliphatic rings. The van der Waals surface area contributed by atoms with E-state index in [9.17, 15) is 18.0 Å². The van der Waals surface area contributed by atoms with Crippen LogP contribution in [0.2, 0.25) is 15.1 Å². The Bertz CT molecular complexity index is 1550. The molecule has 3 aromatic rings. The van der Waals surface area contributed by atoms with Gasteiger partial charge in [-0.25, -0.2) is 8.42 Å². The number of hydrogen-bond donors (Lipinski definition) is 1. The second kappa shape index (κ2) is 14.7. The van der Waals surface area contributed by atoms with E-state index in [2.05, 4.69) is 5.32 Å². The molecule has 2 amide bonds. The molecule has 1 N–H and O–H groups in total. The molecule has 0 heterocycles. The molecule has 8 nitrogen and oxygen atoms in total. The molecule has 230 valence electrons. The summed E-state index contributed by atoms with van der Waals surface area (Å²) < 4.78 is 34.1. The molecule has 0 saturated heterocycles. The molecule has 0 radical (unpaired) electrons. The van der Waals surface area contributed by atoms with Crippen molar-refractivity contribution in [2.24, 2.45) is 0 Å². The molecule has 0 aromatic heterocycles. The molecule has 0 unspecified atom stereocenters. The number of hydrogen-bond acceptors (Lipinski definition) is 5. The second-order valence-corrected chi connectivity index (χ2v) is 13.6. The van der Waals surface area contributed by atoms with Crippen LogP contribution in [0.15, 0.2) is 71.6 Å². The van der Waals surface area contributed by atoms with Crippen LogP contribution in [0, 0.1) is 0 Å². The first-order valence-electron chi connectivity index (χ1n) is 14.0. The minimum Gasteiger partial charge on any atom is -0.497 e. The molecule has 1 fully saturated rings. The molecule has 1 saturated carbocycles. The summed E-state index contributed by atoms with van der Waals surface area (Å²) in [7, 11) is -2.77. The van der Waals surface area contributed by atoms with Gasteiger partial charge >= 0.3 is 0 Å². The summed E-state index contributed by atoms with van der Waals surface area (Å²) in [6.07, 6.45) is 4.93. The Labute approximate surface area is 267 Å². The molecule has 0 aliphatic heterocycles. The van der Waals surface area contributed by atoms with Gasteiger partial charge in [-0.05, 0) is 79.9 Å². The van der Waals surface area contributed by atoms with E-state index in [1.54, 1.807) is 43.3 Å². The number of ether oxygens (including phenoxy) is 1. The SMILES string of the molecule is COc1ccc(S(=O)(=O)N(CC(=O)N(Cc2ccc(Cl)cc2Cl)[C@@H](C)C(=O)NC2CCCCC2)c2cccc(Cl)c2)cc1. The van der Waals surface area contributed by atoms with E-state index >= 15 is 0 Å². The molecule has 43 heavy (non-hydrogen) atoms. The highest BCUT2D eigenvalue weighted by molar-refractivity contribution is 7.92. The molecular formula is C31H34Cl3N3O5S. The van der Waals surface area contributed by atoms with Crippen LogP contribution in [0.4, 0.5) is 5.69 Å². The highest BCUT2D eigenvalue weighted by Crippen LogP contribution is 2.29. The predicted molar refractivity (Wildman–Crippen MR) is 170 cm³/mol. The molecule has 4 rings (SSSR count). The van der Waals surface area contributed by atoms with Crippen molar-refractivity contribution in [1.82, 2.24) is 10.2 Å². The van der Waals surface area contributed by atoms with Crippen molar-refractivity contribution < 1.29 is 22.7 Å². The summed E-state index contributed by atoms with van der Waals surface area (Å²) in [6, 6.07) is 16.1. The topological polar surface area (TPSA) is 96.0 Å². The van der Waals surface area contributed by atoms with Crippen LogP contribution in [0.5, 0.6) is 5.75 Å². The van der Waals surface area contributed by atoms with Crippen LogP contribution in [-0.2, 0) is 26.2 Å². The van der Waals surface area contributed by atoms with Gasteiger partial charge in [0.1, 0.15) is 18.3 Å². The van der Waals surface area contributed by atoms with Crippen molar-refractivity contribution in [3.63, 3.8) is 0 Å². The standard InChI is InChI=1S/C31H34Cl3N3O5S/c1-21(31(39)35-25-8-4-3-5-9-25)36(19-22-11-12-24(33)18-29(22)34)30(38)20-37(26-10-6-7-23(32)17-26)43(40,41)28-15-13-27(42-2)14-16-28/h6-7,10-18,21,25H,3-5,8-9,19-20H2,1-2H3,(H,35,39)/t21-/m0/s1. The van der Waals surface area contributed by atoms with E-state index in [4.69, 9.17) is 39.5 Å². The van der Waals surface area contributed by atoms with Gasteiger partial charge < -0.3 is 15.0 Å². The molecule has 1 aliphatic carbocycles. The van der Waals surface area contributed by atoms with E-state index in [1.165, 1.54) is 42.3 Å². The maximum atomic E-state index is 14.1. The predicted octanol–water partition coefficient (Wildman–Crippen LogP) is 6.72. The monoisotopic (exact) mass is 665 g/mol. The van der Waals surface area contributed by atoms with Gasteiger partial charge in [0.25, 0.3) is 10.0 Å². The highest BCUT2D eigenvalue weighted by Gasteiger charge is 2.33. The van der Waals surface area contributed by atoms with Crippen LogP contribution in [-0.4, -0.2) is 50.9 Å². The van der Waals surface area contributed by atoms with Crippen LogP contribution < -0.4 is 14.4 Å². The normalized spacial score (nSPS) is 14.5. The Morgan fingerprint density at radius 3 is 2.26 bits per heavy atom. The summed E-state index contributed by atoms with van der Waals surface area (Å²) in [4.78, 5) is 28.9. The van der Waals surface area contributed by atoms with E-state index in [0.29, 0.717) is 26.4 Å². The third-order valence-electron chi connectivity index (χ3n) is 7.50. The van der Waals surface area contributed by atoms with Crippen molar-refractivity contribution in [3.8, 4) is 5.75 Å². The van der Waals surface area contributed by atoms with Gasteiger partial charge in [-0.1, -0.05) is 66.2 Å². The third-order valence-corrected chi connectivity index (χ3v) is 10.1. The lowest BCUT2D eigenvalue weighted by Gasteiger charge is -2.33. The quantitative estimate of drug-likeness (QED) is 0.245. The zero-order valence-corrected chi connectivity index (χ0v) is 27.0. The number of rotatable bonds is 11. The number of nitrogens with one attached hydrogen (secondary N) is 1. The minimum absolute atomic E-state index is 0.0261. The second-order valence-electron chi connectivity index (χ2n) is 10.4. The maximum Gasteiger partial charge on any atom is 0.264 e. The molecular weight excluding hydrogens is 633 g/mol. The molecule has 3 aromatic carbocycles. The van der Waals surface area contributed by atoms with Crippen molar-refractivity contribution in [1.29, 1.82) is 0 Å². The first-order chi connectivity index (χ1) is 20.5. The number of anilines is 1. The number of sulfonamides is 1. The van der Waals surface area contributed by atoms with Crippen LogP contribution in [0.25, 0.3) is 0 Å². The minimum atomic E-state index is -4.25. The number of nitrogens with zero attached hydrogens (tertiary/aromatic N) is 2. The summed E-state index contributed by atoms with van der Waals surface area (Å²) in [5.74, 6) is -0.444. The Balaban J connectivity index is 1.70. The average molecular weight is 667 g/mol. The van der Waals surface area contributed by atoms with Gasteiger partial charge in [-0.3, -0.25) is 13.9 Å². The summed E-state index contributed by atoms with van der Waals surface area (Å²) in [6.45, 7) is 0.989. The van der Waals surface area contributed by atoms with Gasteiger partial charge in [-0.15, -0.1) is 0 Å². The number of methoxy groups -OCH3 is 1. The Hall–Kier alpha value is -2.98. The summed E-state index contributed by atoms with van der Waals surface area (Å²) in [5, 5.41) is 4.12. The Morgan fingerprint density at radius 2 is 1.63 bits per heavy atom. The van der Waals surface area contributed by atoms with Crippen LogP contribution in [0.1, 0.15) is 44.6 Å². The molecule has 0 spiro atoms. The molecule has 1 atom stereocenters. The highest BCUT2D eigenvalue weighted by atomic mass is 35.5. The number of halogens is 3. The number of amides is 2. The fourth-order valence-electron chi connectivity index (χ4n) is 5.02. The van der Waals surface area contributed by atoms with E-state index in [0.717, 1.165) is 36.4 Å². The van der Waals surface area contributed by atoms with Gasteiger partial charge in [0.2, 0.25) is 11.8 Å². The van der Waals surface area contributed by atoms with Crippen LogP contribution in [0.3, 0.4) is 0 Å². The third kappa shape index (κ3) is 8.35. The largest absolute Gasteiger partial charge is 0.497 e. The zero-order valence-electron chi connectivity index (χ0n) is 23.9. The fourth-order valence-corrected chi connectivity index (χ4v) is 7.08. The van der Waals surface area contributed by atoms with E-state index in [-0.39, 0.29) is 29.1 Å². The maximum absolute atomic E-state index is 14.1. The number of benzene rings is 3. The fraction of sp³-hybridized carbons (Fsp3) is 0.355. The zero-order chi connectivity index (χ0) is 31.1. The lowest BCUT2D eigenvalue weighted by Crippen LogP contribution is -2.53. The Morgan fingerprint density at radius 1 is 0.953 bits per heavy atom. The summed E-state index contributed by atoms with van der Waals surface area (Å²) in [5.41, 5.74) is 0.754. The van der Waals surface area contributed by atoms with E-state index < -0.39 is 28.5 Å². The number of carbonyl (C=O) groups excluding carboxylic acids is 2. The van der Waals surface area contributed by atoms with Gasteiger partial charge in [0.15, 0.2) is 0 Å². The van der Waals surface area contributed by atoms with Crippen molar-refractivity contribution in [2.75, 3.05) is 18.0 Å². The lowest BCUT2D eigenvalue weighted by atomic mass is 9.95.